The molecule has 0 atom stereocenters. The topological polar surface area (TPSA) is 83.9 Å². The first-order valence-corrected chi connectivity index (χ1v) is 4.68. The SMILES string of the molecule is Cc1cc([N+](=O)[O-])ccc1Nc1cc[nH]n1. The number of anilines is 2. The lowest BCUT2D eigenvalue weighted by Gasteiger charge is -2.05. The minimum Gasteiger partial charge on any atom is -0.339 e. The maximum atomic E-state index is 10.5. The number of nitro groups is 1. The van der Waals surface area contributed by atoms with Gasteiger partial charge in [-0.1, -0.05) is 0 Å². The summed E-state index contributed by atoms with van der Waals surface area (Å²) in [5, 5.41) is 20.2. The molecule has 2 aromatic rings. The molecule has 82 valence electrons. The van der Waals surface area contributed by atoms with Gasteiger partial charge in [-0.3, -0.25) is 15.2 Å². The second-order valence-electron chi connectivity index (χ2n) is 3.34. The monoisotopic (exact) mass is 218 g/mol. The Hall–Kier alpha value is -2.37. The van der Waals surface area contributed by atoms with E-state index in [2.05, 4.69) is 15.5 Å². The van der Waals surface area contributed by atoms with E-state index in [1.165, 1.54) is 12.1 Å². The smallest absolute Gasteiger partial charge is 0.269 e. The van der Waals surface area contributed by atoms with Crippen molar-refractivity contribution in [2.75, 3.05) is 5.32 Å². The first-order valence-electron chi connectivity index (χ1n) is 4.68. The van der Waals surface area contributed by atoms with Crippen LogP contribution in [0, 0.1) is 17.0 Å². The van der Waals surface area contributed by atoms with Crippen LogP contribution in [0.2, 0.25) is 0 Å². The van der Waals surface area contributed by atoms with Crippen LogP contribution in [-0.2, 0) is 0 Å². The van der Waals surface area contributed by atoms with Gasteiger partial charge in [0.15, 0.2) is 5.82 Å². The van der Waals surface area contributed by atoms with Crippen molar-refractivity contribution in [1.82, 2.24) is 10.2 Å². The van der Waals surface area contributed by atoms with E-state index in [4.69, 9.17) is 0 Å². The number of benzene rings is 1. The minimum atomic E-state index is -0.411. The number of H-pyrrole nitrogens is 1. The van der Waals surface area contributed by atoms with Gasteiger partial charge in [0, 0.05) is 30.1 Å². The summed E-state index contributed by atoms with van der Waals surface area (Å²) >= 11 is 0. The summed E-state index contributed by atoms with van der Waals surface area (Å²) in [5.41, 5.74) is 1.69. The summed E-state index contributed by atoms with van der Waals surface area (Å²) in [5.74, 6) is 0.678. The molecule has 6 nitrogen and oxygen atoms in total. The Morgan fingerprint density at radius 2 is 2.25 bits per heavy atom. The van der Waals surface area contributed by atoms with E-state index in [-0.39, 0.29) is 5.69 Å². The van der Waals surface area contributed by atoms with Gasteiger partial charge in [-0.25, -0.2) is 0 Å². The highest BCUT2D eigenvalue weighted by Crippen LogP contribution is 2.23. The summed E-state index contributed by atoms with van der Waals surface area (Å²) in [6.07, 6.45) is 1.70. The Morgan fingerprint density at radius 1 is 1.44 bits per heavy atom. The molecular formula is C10H10N4O2. The van der Waals surface area contributed by atoms with Crippen molar-refractivity contribution in [3.8, 4) is 0 Å². The number of aryl methyl sites for hydroxylation is 1. The van der Waals surface area contributed by atoms with Crippen LogP contribution >= 0.6 is 0 Å². The van der Waals surface area contributed by atoms with Crippen molar-refractivity contribution in [1.29, 1.82) is 0 Å². The molecular weight excluding hydrogens is 208 g/mol. The molecule has 0 radical (unpaired) electrons. The third kappa shape index (κ3) is 2.00. The second-order valence-corrected chi connectivity index (χ2v) is 3.34. The molecule has 0 aliphatic carbocycles. The summed E-state index contributed by atoms with van der Waals surface area (Å²) in [4.78, 5) is 10.1. The van der Waals surface area contributed by atoms with E-state index in [9.17, 15) is 10.1 Å². The highest BCUT2D eigenvalue weighted by molar-refractivity contribution is 5.62. The van der Waals surface area contributed by atoms with Crippen LogP contribution in [0.5, 0.6) is 0 Å². The molecule has 0 bridgehead atoms. The fraction of sp³-hybridized carbons (Fsp3) is 0.100. The van der Waals surface area contributed by atoms with Gasteiger partial charge in [0.1, 0.15) is 0 Å². The van der Waals surface area contributed by atoms with E-state index in [0.717, 1.165) is 11.3 Å². The first-order chi connectivity index (χ1) is 7.66. The number of nitro benzene ring substituents is 1. The van der Waals surface area contributed by atoms with E-state index in [1.54, 1.807) is 18.3 Å². The van der Waals surface area contributed by atoms with E-state index < -0.39 is 4.92 Å². The molecule has 1 aromatic heterocycles. The molecule has 0 fully saturated rings. The lowest BCUT2D eigenvalue weighted by molar-refractivity contribution is -0.384. The maximum Gasteiger partial charge on any atom is 0.269 e. The third-order valence-corrected chi connectivity index (χ3v) is 2.18. The van der Waals surface area contributed by atoms with Gasteiger partial charge in [0.2, 0.25) is 0 Å². The fourth-order valence-electron chi connectivity index (χ4n) is 1.37. The zero-order chi connectivity index (χ0) is 11.5. The third-order valence-electron chi connectivity index (χ3n) is 2.18. The molecule has 0 saturated heterocycles. The quantitative estimate of drug-likeness (QED) is 0.611. The Labute approximate surface area is 91.5 Å². The van der Waals surface area contributed by atoms with Crippen LogP contribution in [0.15, 0.2) is 30.5 Å². The molecule has 0 aliphatic heterocycles. The number of non-ortho nitro benzene ring substituents is 1. The molecule has 16 heavy (non-hydrogen) atoms. The van der Waals surface area contributed by atoms with Crippen molar-refractivity contribution < 1.29 is 4.92 Å². The molecule has 0 unspecified atom stereocenters. The van der Waals surface area contributed by atoms with Gasteiger partial charge in [-0.05, 0) is 18.6 Å². The maximum absolute atomic E-state index is 10.5. The van der Waals surface area contributed by atoms with Crippen molar-refractivity contribution >= 4 is 17.2 Å². The summed E-state index contributed by atoms with van der Waals surface area (Å²) in [7, 11) is 0. The zero-order valence-electron chi connectivity index (χ0n) is 8.60. The normalized spacial score (nSPS) is 10.1. The molecule has 0 aliphatic rings. The molecule has 0 spiro atoms. The van der Waals surface area contributed by atoms with E-state index in [1.807, 2.05) is 6.92 Å². The summed E-state index contributed by atoms with van der Waals surface area (Å²) in [6.45, 7) is 1.81. The van der Waals surface area contributed by atoms with Gasteiger partial charge < -0.3 is 5.32 Å². The largest absolute Gasteiger partial charge is 0.339 e. The number of aromatic amines is 1. The molecule has 1 aromatic carbocycles. The van der Waals surface area contributed by atoms with Gasteiger partial charge in [0.25, 0.3) is 5.69 Å². The van der Waals surface area contributed by atoms with Gasteiger partial charge in [0.05, 0.1) is 4.92 Å². The van der Waals surface area contributed by atoms with Crippen molar-refractivity contribution in [2.45, 2.75) is 6.92 Å². The predicted molar refractivity (Wildman–Crippen MR) is 59.7 cm³/mol. The van der Waals surface area contributed by atoms with Crippen LogP contribution in [0.4, 0.5) is 17.2 Å². The van der Waals surface area contributed by atoms with Crippen molar-refractivity contribution in [3.05, 3.63) is 46.1 Å². The number of rotatable bonds is 3. The number of aromatic nitrogens is 2. The highest BCUT2D eigenvalue weighted by Gasteiger charge is 2.08. The second kappa shape index (κ2) is 4.01. The minimum absolute atomic E-state index is 0.0880. The summed E-state index contributed by atoms with van der Waals surface area (Å²) in [6, 6.07) is 6.43. The first kappa shape index (κ1) is 10.2. The van der Waals surface area contributed by atoms with Gasteiger partial charge in [-0.2, -0.15) is 5.10 Å². The molecule has 1 heterocycles. The summed E-state index contributed by atoms with van der Waals surface area (Å²) < 4.78 is 0. The van der Waals surface area contributed by atoms with Crippen LogP contribution in [-0.4, -0.2) is 15.1 Å². The Bertz CT molecular complexity index is 508. The number of hydrogen-bond donors (Lipinski definition) is 2. The standard InChI is InChI=1S/C10H10N4O2/c1-7-6-8(14(15)16)2-3-9(7)12-10-4-5-11-13-10/h2-6H,1H3,(H2,11,12,13). The van der Waals surface area contributed by atoms with Crippen LogP contribution in [0.1, 0.15) is 5.56 Å². The fourth-order valence-corrected chi connectivity index (χ4v) is 1.37. The molecule has 2 N–H and O–H groups in total. The zero-order valence-corrected chi connectivity index (χ0v) is 8.60. The molecule has 0 saturated carbocycles. The lowest BCUT2D eigenvalue weighted by Crippen LogP contribution is -1.95. The average Bonchev–Trinajstić information content (AvgIpc) is 2.73. The molecule has 6 heteroatoms. The van der Waals surface area contributed by atoms with Crippen LogP contribution in [0.25, 0.3) is 0 Å². The Balaban J connectivity index is 2.26. The Kier molecular flexibility index (Phi) is 2.55. The number of hydrogen-bond acceptors (Lipinski definition) is 4. The molecule has 2 rings (SSSR count). The van der Waals surface area contributed by atoms with Crippen molar-refractivity contribution in [3.63, 3.8) is 0 Å². The lowest BCUT2D eigenvalue weighted by atomic mass is 10.2. The van der Waals surface area contributed by atoms with E-state index >= 15 is 0 Å². The van der Waals surface area contributed by atoms with E-state index in [0.29, 0.717) is 5.82 Å². The highest BCUT2D eigenvalue weighted by atomic mass is 16.6. The van der Waals surface area contributed by atoms with Crippen molar-refractivity contribution in [2.24, 2.45) is 0 Å². The molecule has 0 amide bonds. The predicted octanol–water partition coefficient (Wildman–Crippen LogP) is 2.37. The van der Waals surface area contributed by atoms with Crippen LogP contribution in [0.3, 0.4) is 0 Å². The van der Waals surface area contributed by atoms with Gasteiger partial charge in [-0.15, -0.1) is 0 Å². The average molecular weight is 218 g/mol. The number of nitrogens with zero attached hydrogens (tertiary/aromatic N) is 2. The van der Waals surface area contributed by atoms with Crippen LogP contribution < -0.4 is 5.32 Å². The Morgan fingerprint density at radius 3 is 2.81 bits per heavy atom. The van der Waals surface area contributed by atoms with Gasteiger partial charge >= 0.3 is 0 Å². The number of nitrogens with one attached hydrogen (secondary N) is 2.